The molecule has 0 bridgehead atoms. The maximum absolute atomic E-state index is 13.0. The highest BCUT2D eigenvalue weighted by molar-refractivity contribution is 5.95. The van der Waals surface area contributed by atoms with E-state index < -0.39 is 11.7 Å². The number of hydrogen-bond donors (Lipinski definition) is 2. The van der Waals surface area contributed by atoms with Gasteiger partial charge in [-0.25, -0.2) is 4.98 Å². The van der Waals surface area contributed by atoms with Crippen molar-refractivity contribution in [3.8, 4) is 11.4 Å². The first kappa shape index (κ1) is 15.3. The molecule has 0 radical (unpaired) electrons. The van der Waals surface area contributed by atoms with Crippen LogP contribution in [-0.4, -0.2) is 27.1 Å². The van der Waals surface area contributed by atoms with Gasteiger partial charge in [0.05, 0.1) is 11.6 Å². The summed E-state index contributed by atoms with van der Waals surface area (Å²) >= 11 is 0. The SMILES string of the molecule is NC(/C=C\c1nc(-c2ccccc2C(F)(F)F)n[nH]1)=NC1CC1. The van der Waals surface area contributed by atoms with Crippen LogP contribution in [0.15, 0.2) is 35.3 Å². The molecule has 1 heterocycles. The quantitative estimate of drug-likeness (QED) is 0.671. The molecule has 0 atom stereocenters. The van der Waals surface area contributed by atoms with E-state index in [1.807, 2.05) is 0 Å². The van der Waals surface area contributed by atoms with Crippen molar-refractivity contribution in [3.63, 3.8) is 0 Å². The molecular weight excluding hydrogens is 307 g/mol. The third-order valence-corrected chi connectivity index (χ3v) is 3.27. The van der Waals surface area contributed by atoms with Crippen molar-refractivity contribution in [1.29, 1.82) is 0 Å². The first-order chi connectivity index (χ1) is 10.9. The van der Waals surface area contributed by atoms with Gasteiger partial charge in [0.15, 0.2) is 5.82 Å². The maximum atomic E-state index is 13.0. The minimum Gasteiger partial charge on any atom is -0.384 e. The number of aromatic nitrogens is 3. The van der Waals surface area contributed by atoms with Gasteiger partial charge in [-0.3, -0.25) is 10.1 Å². The number of hydrogen-bond acceptors (Lipinski definition) is 3. The van der Waals surface area contributed by atoms with Crippen LogP contribution < -0.4 is 5.73 Å². The fourth-order valence-corrected chi connectivity index (χ4v) is 2.02. The molecule has 1 saturated carbocycles. The molecule has 1 aromatic heterocycles. The van der Waals surface area contributed by atoms with Gasteiger partial charge in [0.2, 0.25) is 0 Å². The number of nitrogens with one attached hydrogen (secondary N) is 1. The van der Waals surface area contributed by atoms with Crippen molar-refractivity contribution in [3.05, 3.63) is 41.7 Å². The lowest BCUT2D eigenvalue weighted by atomic mass is 10.1. The van der Waals surface area contributed by atoms with Gasteiger partial charge < -0.3 is 5.73 Å². The molecule has 23 heavy (non-hydrogen) atoms. The van der Waals surface area contributed by atoms with E-state index in [-0.39, 0.29) is 11.4 Å². The molecule has 3 N–H and O–H groups in total. The lowest BCUT2D eigenvalue weighted by Crippen LogP contribution is -2.08. The zero-order chi connectivity index (χ0) is 16.4. The first-order valence-electron chi connectivity index (χ1n) is 7.04. The highest BCUT2D eigenvalue weighted by Crippen LogP contribution is 2.35. The van der Waals surface area contributed by atoms with E-state index >= 15 is 0 Å². The van der Waals surface area contributed by atoms with E-state index in [0.29, 0.717) is 17.7 Å². The van der Waals surface area contributed by atoms with Gasteiger partial charge >= 0.3 is 6.18 Å². The second-order valence-corrected chi connectivity index (χ2v) is 5.21. The summed E-state index contributed by atoms with van der Waals surface area (Å²) in [6.07, 6.45) is 0.700. The topological polar surface area (TPSA) is 80.0 Å². The monoisotopic (exact) mass is 321 g/mol. The van der Waals surface area contributed by atoms with Gasteiger partial charge in [0.25, 0.3) is 0 Å². The summed E-state index contributed by atoms with van der Waals surface area (Å²) in [6, 6.07) is 5.47. The predicted molar refractivity (Wildman–Crippen MR) is 80.5 cm³/mol. The highest BCUT2D eigenvalue weighted by Gasteiger charge is 2.34. The van der Waals surface area contributed by atoms with Crippen molar-refractivity contribution in [2.45, 2.75) is 25.1 Å². The van der Waals surface area contributed by atoms with Gasteiger partial charge in [-0.05, 0) is 31.1 Å². The van der Waals surface area contributed by atoms with Crippen LogP contribution in [0, 0.1) is 0 Å². The maximum Gasteiger partial charge on any atom is 0.417 e. The second kappa shape index (κ2) is 5.86. The molecule has 0 spiro atoms. The Morgan fingerprint density at radius 3 is 2.74 bits per heavy atom. The molecule has 120 valence electrons. The zero-order valence-electron chi connectivity index (χ0n) is 12.0. The summed E-state index contributed by atoms with van der Waals surface area (Å²) in [5.74, 6) is 0.655. The van der Waals surface area contributed by atoms with Crippen molar-refractivity contribution in [2.24, 2.45) is 10.7 Å². The van der Waals surface area contributed by atoms with Crippen molar-refractivity contribution in [2.75, 3.05) is 0 Å². The standard InChI is InChI=1S/C15H14F3N5/c16-15(17,18)11-4-2-1-3-10(11)14-21-13(22-23-14)8-7-12(19)20-9-5-6-9/h1-4,7-9H,5-6H2,(H2,19,20)(H,21,22,23)/b8-7-. The number of aliphatic imine (C=N–C) groups is 1. The van der Waals surface area contributed by atoms with Crippen molar-refractivity contribution >= 4 is 11.9 Å². The number of aromatic amines is 1. The number of rotatable bonds is 4. The minimum atomic E-state index is -4.46. The van der Waals surface area contributed by atoms with Crippen LogP contribution in [-0.2, 0) is 6.18 Å². The molecule has 1 aliphatic rings. The molecule has 1 aromatic carbocycles. The summed E-state index contributed by atoms with van der Waals surface area (Å²) in [7, 11) is 0. The molecule has 5 nitrogen and oxygen atoms in total. The Labute approximate surface area is 130 Å². The number of nitrogens with two attached hydrogens (primary N) is 1. The van der Waals surface area contributed by atoms with Crippen LogP contribution in [0.5, 0.6) is 0 Å². The molecule has 0 saturated heterocycles. The van der Waals surface area contributed by atoms with Gasteiger partial charge in [0.1, 0.15) is 11.7 Å². The van der Waals surface area contributed by atoms with Crippen LogP contribution in [0.3, 0.4) is 0 Å². The van der Waals surface area contributed by atoms with Crippen LogP contribution in [0.4, 0.5) is 13.2 Å². The smallest absolute Gasteiger partial charge is 0.384 e. The molecule has 0 unspecified atom stereocenters. The highest BCUT2D eigenvalue weighted by atomic mass is 19.4. The summed E-state index contributed by atoms with van der Waals surface area (Å²) in [5, 5.41) is 6.43. The number of amidine groups is 1. The van der Waals surface area contributed by atoms with E-state index in [4.69, 9.17) is 5.73 Å². The van der Waals surface area contributed by atoms with Gasteiger partial charge in [-0.2, -0.15) is 18.3 Å². The third-order valence-electron chi connectivity index (χ3n) is 3.27. The fourth-order valence-electron chi connectivity index (χ4n) is 2.02. The van der Waals surface area contributed by atoms with Crippen LogP contribution >= 0.6 is 0 Å². The Morgan fingerprint density at radius 2 is 2.04 bits per heavy atom. The summed E-state index contributed by atoms with van der Waals surface area (Å²) < 4.78 is 39.0. The van der Waals surface area contributed by atoms with Crippen LogP contribution in [0.1, 0.15) is 24.2 Å². The Kier molecular flexibility index (Phi) is 3.89. The Morgan fingerprint density at radius 1 is 1.30 bits per heavy atom. The number of nitrogens with zero attached hydrogens (tertiary/aromatic N) is 3. The molecule has 0 aliphatic heterocycles. The number of benzene rings is 1. The normalized spacial score (nSPS) is 16.2. The van der Waals surface area contributed by atoms with Gasteiger partial charge in [0, 0.05) is 5.56 Å². The minimum absolute atomic E-state index is 0.0183. The number of alkyl halides is 3. The molecule has 1 aliphatic carbocycles. The zero-order valence-corrected chi connectivity index (χ0v) is 12.0. The van der Waals surface area contributed by atoms with Crippen LogP contribution in [0.25, 0.3) is 17.5 Å². The lowest BCUT2D eigenvalue weighted by Gasteiger charge is -2.09. The Hall–Kier alpha value is -2.64. The predicted octanol–water partition coefficient (Wildman–Crippen LogP) is 3.02. The largest absolute Gasteiger partial charge is 0.417 e. The van der Waals surface area contributed by atoms with E-state index in [0.717, 1.165) is 18.9 Å². The van der Waals surface area contributed by atoms with E-state index in [2.05, 4.69) is 20.2 Å². The molecule has 3 rings (SSSR count). The average molecular weight is 321 g/mol. The molecule has 8 heteroatoms. The van der Waals surface area contributed by atoms with E-state index in [1.54, 1.807) is 6.08 Å². The third kappa shape index (κ3) is 3.77. The molecular formula is C15H14F3N5. The summed E-state index contributed by atoms with van der Waals surface area (Å²) in [4.78, 5) is 8.27. The van der Waals surface area contributed by atoms with E-state index in [1.165, 1.54) is 24.3 Å². The van der Waals surface area contributed by atoms with Crippen molar-refractivity contribution in [1.82, 2.24) is 15.2 Å². The Balaban J connectivity index is 1.84. The summed E-state index contributed by atoms with van der Waals surface area (Å²) in [6.45, 7) is 0. The van der Waals surface area contributed by atoms with Crippen LogP contribution in [0.2, 0.25) is 0 Å². The average Bonchev–Trinajstić information content (AvgIpc) is 3.18. The molecule has 1 fully saturated rings. The first-order valence-corrected chi connectivity index (χ1v) is 7.04. The molecule has 0 amide bonds. The van der Waals surface area contributed by atoms with Gasteiger partial charge in [-0.15, -0.1) is 0 Å². The van der Waals surface area contributed by atoms with Gasteiger partial charge in [-0.1, -0.05) is 18.2 Å². The number of halogens is 3. The summed E-state index contributed by atoms with van der Waals surface area (Å²) in [5.41, 5.74) is 4.87. The lowest BCUT2D eigenvalue weighted by molar-refractivity contribution is -0.137. The fraction of sp³-hybridized carbons (Fsp3) is 0.267. The van der Waals surface area contributed by atoms with Crippen molar-refractivity contribution < 1.29 is 13.2 Å². The van der Waals surface area contributed by atoms with E-state index in [9.17, 15) is 13.2 Å². The Bertz CT molecular complexity index is 756. The number of H-pyrrole nitrogens is 1. The molecule has 2 aromatic rings. The second-order valence-electron chi connectivity index (χ2n) is 5.21.